The molecule has 0 atom stereocenters. The molecule has 1 aromatic heterocycles. The highest BCUT2D eigenvalue weighted by atomic mass is 16.5. The summed E-state index contributed by atoms with van der Waals surface area (Å²) in [5.41, 5.74) is 4.16. The molecule has 1 aromatic carbocycles. The number of esters is 1. The predicted molar refractivity (Wildman–Crippen MR) is 110 cm³/mol. The lowest BCUT2D eigenvalue weighted by Gasteiger charge is -2.37. The summed E-state index contributed by atoms with van der Waals surface area (Å²) in [6.45, 7) is 3.85. The third-order valence-corrected chi connectivity index (χ3v) is 5.37. The van der Waals surface area contributed by atoms with Gasteiger partial charge in [0, 0.05) is 35.8 Å². The van der Waals surface area contributed by atoms with Crippen molar-refractivity contribution in [3.8, 4) is 0 Å². The van der Waals surface area contributed by atoms with Gasteiger partial charge in [0.15, 0.2) is 0 Å². The van der Waals surface area contributed by atoms with Crippen LogP contribution in [0, 0.1) is 0 Å². The highest BCUT2D eigenvalue weighted by molar-refractivity contribution is 5.94. The fourth-order valence-corrected chi connectivity index (χ4v) is 4.17. The van der Waals surface area contributed by atoms with Crippen molar-refractivity contribution in [3.63, 3.8) is 0 Å². The van der Waals surface area contributed by atoms with Gasteiger partial charge in [0.05, 0.1) is 12.2 Å². The zero-order valence-electron chi connectivity index (χ0n) is 16.5. The Morgan fingerprint density at radius 3 is 2.83 bits per heavy atom. The molecule has 2 aliphatic rings. The Morgan fingerprint density at radius 2 is 2.03 bits per heavy atom. The molecule has 0 saturated carbocycles. The van der Waals surface area contributed by atoms with E-state index in [9.17, 15) is 14.4 Å². The Kier molecular flexibility index (Phi) is 5.38. The first kappa shape index (κ1) is 19.2. The van der Waals surface area contributed by atoms with E-state index < -0.39 is 17.5 Å². The standard InChI is InChI=1S/C22H24N2O5/c1-2-28-19(26)13-23-18(25)8-7-15-12-16-11-14-5-3-9-24-10-4-6-17(20(14)24)21(16)29-22(15)27/h7-8,11-12H,2-6,9-10,13H2,1H3,(H,23,25)/b8-7+. The summed E-state index contributed by atoms with van der Waals surface area (Å²) in [5.74, 6) is -0.985. The molecule has 7 heteroatoms. The fraction of sp³-hybridized carbons (Fsp3) is 0.409. The van der Waals surface area contributed by atoms with Crippen molar-refractivity contribution < 1.29 is 18.7 Å². The zero-order valence-corrected chi connectivity index (χ0v) is 16.5. The van der Waals surface area contributed by atoms with E-state index >= 15 is 0 Å². The predicted octanol–water partition coefficient (Wildman–Crippen LogP) is 2.18. The molecular formula is C22H24N2O5. The lowest BCUT2D eigenvalue weighted by molar-refractivity contribution is -0.143. The van der Waals surface area contributed by atoms with Crippen LogP contribution < -0.4 is 15.8 Å². The van der Waals surface area contributed by atoms with Crippen molar-refractivity contribution in [1.82, 2.24) is 5.32 Å². The van der Waals surface area contributed by atoms with Crippen LogP contribution in [-0.4, -0.2) is 38.1 Å². The molecule has 0 unspecified atom stereocenters. The van der Waals surface area contributed by atoms with Crippen LogP contribution in [0.4, 0.5) is 5.69 Å². The minimum Gasteiger partial charge on any atom is -0.465 e. The third kappa shape index (κ3) is 3.90. The first-order valence-electron chi connectivity index (χ1n) is 10.1. The van der Waals surface area contributed by atoms with Gasteiger partial charge in [0.2, 0.25) is 5.91 Å². The van der Waals surface area contributed by atoms with Crippen molar-refractivity contribution in [2.45, 2.75) is 32.6 Å². The quantitative estimate of drug-likeness (QED) is 0.473. The first-order valence-corrected chi connectivity index (χ1v) is 10.1. The van der Waals surface area contributed by atoms with E-state index in [1.54, 1.807) is 13.0 Å². The van der Waals surface area contributed by atoms with Crippen molar-refractivity contribution in [3.05, 3.63) is 45.3 Å². The second-order valence-electron chi connectivity index (χ2n) is 7.32. The van der Waals surface area contributed by atoms with Gasteiger partial charge in [0.25, 0.3) is 0 Å². The zero-order chi connectivity index (χ0) is 20.4. The van der Waals surface area contributed by atoms with Gasteiger partial charge in [-0.15, -0.1) is 0 Å². The summed E-state index contributed by atoms with van der Waals surface area (Å²) in [4.78, 5) is 38.1. The largest absolute Gasteiger partial charge is 0.465 e. The first-order chi connectivity index (χ1) is 14.1. The van der Waals surface area contributed by atoms with E-state index in [2.05, 4.69) is 16.3 Å². The molecule has 0 bridgehead atoms. The molecule has 2 aliphatic heterocycles. The molecule has 0 fully saturated rings. The number of aryl methyl sites for hydroxylation is 2. The van der Waals surface area contributed by atoms with Crippen molar-refractivity contribution >= 4 is 34.6 Å². The number of benzene rings is 1. The summed E-state index contributed by atoms with van der Waals surface area (Å²) < 4.78 is 10.4. The Balaban J connectivity index is 1.61. The van der Waals surface area contributed by atoms with Crippen LogP contribution in [0.25, 0.3) is 17.0 Å². The van der Waals surface area contributed by atoms with Crippen LogP contribution in [0.1, 0.15) is 36.5 Å². The second-order valence-corrected chi connectivity index (χ2v) is 7.32. The van der Waals surface area contributed by atoms with Gasteiger partial charge in [-0.3, -0.25) is 9.59 Å². The van der Waals surface area contributed by atoms with Gasteiger partial charge >= 0.3 is 11.6 Å². The Morgan fingerprint density at radius 1 is 1.24 bits per heavy atom. The lowest BCUT2D eigenvalue weighted by Crippen LogP contribution is -2.34. The Labute approximate surface area is 168 Å². The number of amides is 1. The smallest absolute Gasteiger partial charge is 0.343 e. The van der Waals surface area contributed by atoms with E-state index in [1.807, 2.05) is 0 Å². The normalized spacial score (nSPS) is 15.4. The maximum Gasteiger partial charge on any atom is 0.343 e. The number of hydrogen-bond donors (Lipinski definition) is 1. The molecule has 0 aliphatic carbocycles. The molecule has 0 spiro atoms. The van der Waals surface area contributed by atoms with Crippen LogP contribution in [0.2, 0.25) is 0 Å². The Bertz CT molecular complexity index is 1050. The minimum atomic E-state index is -0.507. The molecule has 1 amide bonds. The van der Waals surface area contributed by atoms with Crippen LogP contribution in [-0.2, 0) is 27.2 Å². The highest BCUT2D eigenvalue weighted by Gasteiger charge is 2.26. The number of rotatable bonds is 5. The highest BCUT2D eigenvalue weighted by Crippen LogP contribution is 2.39. The van der Waals surface area contributed by atoms with E-state index in [-0.39, 0.29) is 13.2 Å². The molecule has 29 heavy (non-hydrogen) atoms. The van der Waals surface area contributed by atoms with E-state index in [0.29, 0.717) is 11.1 Å². The number of hydrogen-bond acceptors (Lipinski definition) is 6. The molecule has 7 nitrogen and oxygen atoms in total. The molecule has 152 valence electrons. The maximum absolute atomic E-state index is 12.5. The summed E-state index contributed by atoms with van der Waals surface area (Å²) >= 11 is 0. The van der Waals surface area contributed by atoms with Crippen LogP contribution in [0.5, 0.6) is 0 Å². The van der Waals surface area contributed by atoms with Crippen molar-refractivity contribution in [2.24, 2.45) is 0 Å². The van der Waals surface area contributed by atoms with Gasteiger partial charge < -0.3 is 19.4 Å². The summed E-state index contributed by atoms with van der Waals surface area (Å²) in [5, 5.41) is 3.31. The summed E-state index contributed by atoms with van der Waals surface area (Å²) in [7, 11) is 0. The van der Waals surface area contributed by atoms with Crippen molar-refractivity contribution in [1.29, 1.82) is 0 Å². The summed E-state index contributed by atoms with van der Waals surface area (Å²) in [6, 6.07) is 3.88. The number of anilines is 1. The average Bonchev–Trinajstić information content (AvgIpc) is 2.72. The van der Waals surface area contributed by atoms with Crippen LogP contribution in [0.3, 0.4) is 0 Å². The number of carbonyl (C=O) groups is 2. The molecule has 0 radical (unpaired) electrons. The van der Waals surface area contributed by atoms with E-state index in [1.165, 1.54) is 23.4 Å². The number of nitrogens with one attached hydrogen (secondary N) is 1. The van der Waals surface area contributed by atoms with E-state index in [4.69, 9.17) is 9.15 Å². The fourth-order valence-electron chi connectivity index (χ4n) is 4.17. The Hall–Kier alpha value is -3.09. The summed E-state index contributed by atoms with van der Waals surface area (Å²) in [6.07, 6.45) is 6.75. The van der Waals surface area contributed by atoms with Gasteiger partial charge in [-0.25, -0.2) is 4.79 Å². The SMILES string of the molecule is CCOC(=O)CNC(=O)/C=C/c1cc2cc3c4c(c2oc1=O)CCCN4CCC3. The number of nitrogens with zero attached hydrogens (tertiary/aromatic N) is 1. The molecule has 4 rings (SSSR count). The monoisotopic (exact) mass is 396 g/mol. The number of fused-ring (bicyclic) bond motifs is 2. The van der Waals surface area contributed by atoms with Gasteiger partial charge in [-0.2, -0.15) is 0 Å². The minimum absolute atomic E-state index is 0.213. The number of ether oxygens (including phenoxy) is 1. The topological polar surface area (TPSA) is 88.8 Å². The van der Waals surface area contributed by atoms with Gasteiger partial charge in [-0.1, -0.05) is 0 Å². The molecule has 0 saturated heterocycles. The van der Waals surface area contributed by atoms with E-state index in [0.717, 1.165) is 49.7 Å². The maximum atomic E-state index is 12.5. The molecule has 1 N–H and O–H groups in total. The van der Waals surface area contributed by atoms with Crippen LogP contribution in [0.15, 0.2) is 27.4 Å². The molecule has 3 heterocycles. The molecular weight excluding hydrogens is 372 g/mol. The number of carbonyl (C=O) groups excluding carboxylic acids is 2. The van der Waals surface area contributed by atoms with Crippen molar-refractivity contribution in [2.75, 3.05) is 31.1 Å². The average molecular weight is 396 g/mol. The lowest BCUT2D eigenvalue weighted by atomic mass is 9.90. The van der Waals surface area contributed by atoms with Gasteiger partial charge in [-0.05, 0) is 56.4 Å². The van der Waals surface area contributed by atoms with Crippen LogP contribution >= 0.6 is 0 Å². The second kappa shape index (κ2) is 8.11. The molecule has 2 aromatic rings. The van der Waals surface area contributed by atoms with Gasteiger partial charge in [0.1, 0.15) is 12.1 Å². The third-order valence-electron chi connectivity index (χ3n) is 5.37.